The van der Waals surface area contributed by atoms with E-state index >= 15 is 0 Å². The van der Waals surface area contributed by atoms with Crippen molar-refractivity contribution in [2.45, 2.75) is 6.04 Å². The van der Waals surface area contributed by atoms with Crippen molar-refractivity contribution < 1.29 is 0 Å². The second kappa shape index (κ2) is 5.47. The van der Waals surface area contributed by atoms with Gasteiger partial charge in [0.1, 0.15) is 0 Å². The number of likely N-dealkylation sites (N-methyl/N-ethyl adjacent to an activating group) is 1. The van der Waals surface area contributed by atoms with Gasteiger partial charge in [0.05, 0.1) is 6.04 Å². The molecule has 2 aromatic carbocycles. The molecule has 0 bridgehead atoms. The first-order chi connectivity index (χ1) is 9.75. The summed E-state index contributed by atoms with van der Waals surface area (Å²) in [5, 5.41) is 4.05. The van der Waals surface area contributed by atoms with Crippen LogP contribution in [-0.4, -0.2) is 17.1 Å². The summed E-state index contributed by atoms with van der Waals surface area (Å²) in [6.07, 6.45) is 2.22. The lowest BCUT2D eigenvalue weighted by Gasteiger charge is -2.34. The summed E-state index contributed by atoms with van der Waals surface area (Å²) in [5.41, 5.74) is 3.47. The van der Waals surface area contributed by atoms with Gasteiger partial charge in [0.2, 0.25) is 0 Å². The van der Waals surface area contributed by atoms with Gasteiger partial charge in [-0.2, -0.15) is 0 Å². The number of nitrogens with zero attached hydrogens (tertiary/aromatic N) is 1. The normalized spacial score (nSPS) is 18.4. The molecule has 1 unspecified atom stereocenters. The summed E-state index contributed by atoms with van der Waals surface area (Å²) in [5.74, 6) is 0. The van der Waals surface area contributed by atoms with Crippen molar-refractivity contribution in [2.75, 3.05) is 7.05 Å². The molecule has 1 aliphatic rings. The van der Waals surface area contributed by atoms with E-state index in [0.717, 1.165) is 16.4 Å². The zero-order valence-electron chi connectivity index (χ0n) is 11.3. The summed E-state index contributed by atoms with van der Waals surface area (Å²) in [7, 11) is 2.02. The van der Waals surface area contributed by atoms with Gasteiger partial charge in [-0.15, -0.1) is 0 Å². The fraction of sp³-hybridized carbons (Fsp3) is 0.118. The molecule has 1 N–H and O–H groups in total. The first kappa shape index (κ1) is 12.9. The molecular weight excluding hydrogens is 264 g/mol. The number of nitrogens with one attached hydrogen (secondary N) is 1. The van der Waals surface area contributed by atoms with Gasteiger partial charge in [0.15, 0.2) is 5.11 Å². The van der Waals surface area contributed by atoms with Gasteiger partial charge in [-0.3, -0.25) is 0 Å². The molecule has 0 saturated heterocycles. The first-order valence-electron chi connectivity index (χ1n) is 6.62. The van der Waals surface area contributed by atoms with Gasteiger partial charge < -0.3 is 10.2 Å². The number of thiocarbonyl (C=S) groups is 1. The Morgan fingerprint density at radius 3 is 2.20 bits per heavy atom. The van der Waals surface area contributed by atoms with Crippen molar-refractivity contribution in [1.82, 2.24) is 10.2 Å². The van der Waals surface area contributed by atoms with Gasteiger partial charge >= 0.3 is 0 Å². The van der Waals surface area contributed by atoms with E-state index in [1.807, 2.05) is 31.3 Å². The quantitative estimate of drug-likeness (QED) is 0.846. The lowest BCUT2D eigenvalue weighted by Crippen LogP contribution is -2.42. The van der Waals surface area contributed by atoms with Crippen LogP contribution in [0.4, 0.5) is 0 Å². The third-order valence-electron chi connectivity index (χ3n) is 3.53. The van der Waals surface area contributed by atoms with E-state index in [0.29, 0.717) is 0 Å². The van der Waals surface area contributed by atoms with Crippen LogP contribution in [0.25, 0.3) is 5.70 Å². The van der Waals surface area contributed by atoms with Crippen LogP contribution < -0.4 is 5.32 Å². The van der Waals surface area contributed by atoms with E-state index in [4.69, 9.17) is 12.2 Å². The average Bonchev–Trinajstić information content (AvgIpc) is 2.51. The number of rotatable bonds is 2. The van der Waals surface area contributed by atoms with Gasteiger partial charge in [-0.05, 0) is 29.4 Å². The molecule has 3 rings (SSSR count). The highest BCUT2D eigenvalue weighted by Gasteiger charge is 2.23. The highest BCUT2D eigenvalue weighted by atomic mass is 32.1. The van der Waals surface area contributed by atoms with E-state index < -0.39 is 0 Å². The molecule has 2 aromatic rings. The van der Waals surface area contributed by atoms with Crippen LogP contribution in [-0.2, 0) is 0 Å². The molecule has 0 fully saturated rings. The van der Waals surface area contributed by atoms with E-state index in [1.165, 1.54) is 5.56 Å². The molecule has 0 spiro atoms. The Morgan fingerprint density at radius 1 is 0.950 bits per heavy atom. The molecule has 0 radical (unpaired) electrons. The lowest BCUT2D eigenvalue weighted by molar-refractivity contribution is 0.428. The van der Waals surface area contributed by atoms with Crippen LogP contribution in [0.1, 0.15) is 17.2 Å². The summed E-state index contributed by atoms with van der Waals surface area (Å²) in [6.45, 7) is 0. The van der Waals surface area contributed by atoms with Gasteiger partial charge in [-0.25, -0.2) is 0 Å². The monoisotopic (exact) mass is 280 g/mol. The lowest BCUT2D eigenvalue weighted by atomic mass is 10.0. The number of hydrogen-bond acceptors (Lipinski definition) is 1. The molecule has 100 valence electrons. The Hall–Kier alpha value is -2.13. The molecule has 1 aliphatic heterocycles. The molecule has 0 aliphatic carbocycles. The minimum absolute atomic E-state index is 0.167. The molecule has 0 saturated carbocycles. The largest absolute Gasteiger partial charge is 0.341 e. The summed E-state index contributed by atoms with van der Waals surface area (Å²) in [4.78, 5) is 2.08. The molecule has 0 aromatic heterocycles. The Morgan fingerprint density at radius 2 is 1.55 bits per heavy atom. The van der Waals surface area contributed by atoms with Crippen molar-refractivity contribution in [3.05, 3.63) is 77.9 Å². The minimum Gasteiger partial charge on any atom is -0.341 e. The van der Waals surface area contributed by atoms with E-state index in [2.05, 4.69) is 52.7 Å². The van der Waals surface area contributed by atoms with Gasteiger partial charge in [0, 0.05) is 12.7 Å². The third-order valence-corrected chi connectivity index (χ3v) is 3.92. The average molecular weight is 280 g/mol. The Balaban J connectivity index is 2.02. The molecular formula is C17H16N2S. The zero-order chi connectivity index (χ0) is 13.9. The van der Waals surface area contributed by atoms with Crippen LogP contribution in [0.2, 0.25) is 0 Å². The summed E-state index contributed by atoms with van der Waals surface area (Å²) in [6, 6.07) is 20.9. The molecule has 1 atom stereocenters. The van der Waals surface area contributed by atoms with Crippen molar-refractivity contribution in [2.24, 2.45) is 0 Å². The molecule has 1 heterocycles. The second-order valence-corrected chi connectivity index (χ2v) is 5.23. The van der Waals surface area contributed by atoms with Crippen molar-refractivity contribution in [1.29, 1.82) is 0 Å². The van der Waals surface area contributed by atoms with Crippen LogP contribution in [0.3, 0.4) is 0 Å². The third kappa shape index (κ3) is 2.45. The Bertz CT molecular complexity index is 635. The van der Waals surface area contributed by atoms with Crippen LogP contribution in [0.5, 0.6) is 0 Å². The van der Waals surface area contributed by atoms with Gasteiger partial charge in [0.25, 0.3) is 0 Å². The zero-order valence-corrected chi connectivity index (χ0v) is 12.1. The maximum absolute atomic E-state index is 5.46. The maximum atomic E-state index is 5.46. The highest BCUT2D eigenvalue weighted by Crippen LogP contribution is 2.28. The van der Waals surface area contributed by atoms with Crippen molar-refractivity contribution in [3.8, 4) is 0 Å². The molecule has 20 heavy (non-hydrogen) atoms. The Kier molecular flexibility index (Phi) is 3.52. The molecule has 3 heteroatoms. The number of hydrogen-bond donors (Lipinski definition) is 1. The topological polar surface area (TPSA) is 15.3 Å². The first-order valence-corrected chi connectivity index (χ1v) is 7.02. The fourth-order valence-corrected chi connectivity index (χ4v) is 2.62. The van der Waals surface area contributed by atoms with Gasteiger partial charge in [-0.1, -0.05) is 60.7 Å². The smallest absolute Gasteiger partial charge is 0.173 e. The van der Waals surface area contributed by atoms with E-state index in [-0.39, 0.29) is 6.04 Å². The van der Waals surface area contributed by atoms with Crippen molar-refractivity contribution in [3.63, 3.8) is 0 Å². The second-order valence-electron chi connectivity index (χ2n) is 4.84. The number of benzene rings is 2. The van der Waals surface area contributed by atoms with E-state index in [1.54, 1.807) is 0 Å². The maximum Gasteiger partial charge on any atom is 0.173 e. The summed E-state index contributed by atoms with van der Waals surface area (Å²) < 4.78 is 0. The van der Waals surface area contributed by atoms with Crippen molar-refractivity contribution >= 4 is 23.0 Å². The standard InChI is InChI=1S/C17H16N2S/c1-19-16(14-10-6-3-7-11-14)12-15(18-17(19)20)13-8-4-2-5-9-13/h2-12,16H,1H3,(H,18,20). The van der Waals surface area contributed by atoms with Crippen LogP contribution >= 0.6 is 12.2 Å². The molecule has 2 nitrogen and oxygen atoms in total. The fourth-order valence-electron chi connectivity index (χ4n) is 2.40. The van der Waals surface area contributed by atoms with E-state index in [9.17, 15) is 0 Å². The highest BCUT2D eigenvalue weighted by molar-refractivity contribution is 7.80. The van der Waals surface area contributed by atoms with Crippen LogP contribution in [0.15, 0.2) is 66.7 Å². The molecule has 0 amide bonds. The van der Waals surface area contributed by atoms with Crippen LogP contribution in [0, 0.1) is 0 Å². The predicted octanol–water partition coefficient (Wildman–Crippen LogP) is 3.59. The SMILES string of the molecule is CN1C(=S)NC(c2ccccc2)=CC1c1ccccc1. The summed E-state index contributed by atoms with van der Waals surface area (Å²) >= 11 is 5.46. The minimum atomic E-state index is 0.167. The Labute approximate surface area is 124 Å². The predicted molar refractivity (Wildman–Crippen MR) is 87.1 cm³/mol.